The first kappa shape index (κ1) is 13.9. The van der Waals surface area contributed by atoms with E-state index in [9.17, 15) is 9.59 Å². The van der Waals surface area contributed by atoms with Gasteiger partial charge in [-0.3, -0.25) is 9.59 Å². The Labute approximate surface area is 120 Å². The lowest BCUT2D eigenvalue weighted by Gasteiger charge is -2.52. The molecule has 3 saturated heterocycles. The van der Waals surface area contributed by atoms with Crippen LogP contribution in [0.2, 0.25) is 0 Å². The van der Waals surface area contributed by atoms with E-state index in [-0.39, 0.29) is 35.5 Å². The summed E-state index contributed by atoms with van der Waals surface area (Å²) in [6.45, 7) is 7.32. The van der Waals surface area contributed by atoms with Gasteiger partial charge in [-0.2, -0.15) is 0 Å². The number of fused-ring (bicyclic) bond motifs is 1. The van der Waals surface area contributed by atoms with Crippen molar-refractivity contribution in [3.8, 4) is 0 Å². The van der Waals surface area contributed by atoms with Crippen molar-refractivity contribution in [2.45, 2.75) is 70.2 Å². The number of carbonyl (C=O) groups is 2. The van der Waals surface area contributed by atoms with Crippen molar-refractivity contribution >= 4 is 11.8 Å². The summed E-state index contributed by atoms with van der Waals surface area (Å²) in [4.78, 5) is 29.2. The Hall–Kier alpha value is -1.10. The maximum Gasteiger partial charge on any atom is 0.246 e. The van der Waals surface area contributed by atoms with E-state index in [4.69, 9.17) is 4.74 Å². The molecule has 0 aliphatic carbocycles. The Kier molecular flexibility index (Phi) is 3.27. The van der Waals surface area contributed by atoms with Crippen molar-refractivity contribution in [2.75, 3.05) is 13.2 Å². The first-order valence-corrected chi connectivity index (χ1v) is 7.72. The Morgan fingerprint density at radius 2 is 1.95 bits per heavy atom. The van der Waals surface area contributed by atoms with Gasteiger partial charge in [-0.05, 0) is 46.5 Å². The molecule has 0 bridgehead atoms. The molecule has 4 unspecified atom stereocenters. The third-order valence-electron chi connectivity index (χ3n) is 5.46. The third kappa shape index (κ3) is 1.79. The van der Waals surface area contributed by atoms with E-state index in [1.807, 2.05) is 18.7 Å². The molecule has 2 amide bonds. The molecule has 3 aliphatic heterocycles. The minimum Gasteiger partial charge on any atom is -0.376 e. The normalized spacial score (nSPS) is 42.0. The maximum atomic E-state index is 12.9. The van der Waals surface area contributed by atoms with Crippen LogP contribution in [-0.4, -0.2) is 58.5 Å². The fourth-order valence-electron chi connectivity index (χ4n) is 3.99. The van der Waals surface area contributed by atoms with Gasteiger partial charge < -0.3 is 14.5 Å². The van der Waals surface area contributed by atoms with E-state index in [2.05, 4.69) is 6.92 Å². The van der Waals surface area contributed by atoms with Crippen LogP contribution < -0.4 is 0 Å². The molecule has 0 saturated carbocycles. The highest BCUT2D eigenvalue weighted by Crippen LogP contribution is 2.38. The fourth-order valence-corrected chi connectivity index (χ4v) is 3.99. The first-order valence-electron chi connectivity index (χ1n) is 7.72. The molecule has 112 valence electrons. The number of piperazine rings is 1. The van der Waals surface area contributed by atoms with Crippen molar-refractivity contribution in [2.24, 2.45) is 0 Å². The predicted octanol–water partition coefficient (Wildman–Crippen LogP) is 1.17. The summed E-state index contributed by atoms with van der Waals surface area (Å²) in [5.74, 6) is 0.228. The van der Waals surface area contributed by atoms with Crippen LogP contribution in [0.5, 0.6) is 0 Å². The van der Waals surface area contributed by atoms with E-state index in [0.717, 1.165) is 32.2 Å². The number of ether oxygens (including phenoxy) is 1. The molecule has 5 nitrogen and oxygen atoms in total. The number of amides is 2. The molecule has 3 fully saturated rings. The highest BCUT2D eigenvalue weighted by molar-refractivity contribution is 5.97. The van der Waals surface area contributed by atoms with Gasteiger partial charge in [-0.15, -0.1) is 0 Å². The number of piperidine rings is 1. The average Bonchev–Trinajstić information content (AvgIpc) is 2.77. The number of rotatable bonds is 1. The van der Waals surface area contributed by atoms with E-state index < -0.39 is 0 Å². The average molecular weight is 280 g/mol. The molecule has 0 aromatic carbocycles. The molecule has 0 spiro atoms. The standard InChI is InChI=1S/C15H24N2O3/c1-10-13(18)16-8-5-4-6-12(16)14(19)17(10)15(3)7-9-20-11(15)2/h10-12H,4-9H2,1-3H3. The van der Waals surface area contributed by atoms with Gasteiger partial charge in [0.25, 0.3) is 0 Å². The monoisotopic (exact) mass is 280 g/mol. The highest BCUT2D eigenvalue weighted by Gasteiger charge is 2.54. The molecule has 20 heavy (non-hydrogen) atoms. The summed E-state index contributed by atoms with van der Waals surface area (Å²) in [6.07, 6.45) is 3.64. The summed E-state index contributed by atoms with van der Waals surface area (Å²) in [6, 6.07) is -0.608. The molecule has 4 atom stereocenters. The van der Waals surface area contributed by atoms with Gasteiger partial charge in [0.15, 0.2) is 0 Å². The summed E-state index contributed by atoms with van der Waals surface area (Å²) < 4.78 is 5.67. The lowest BCUT2D eigenvalue weighted by Crippen LogP contribution is -2.71. The molecule has 0 aromatic heterocycles. The molecule has 0 N–H and O–H groups in total. The molecule has 0 radical (unpaired) electrons. The summed E-state index contributed by atoms with van der Waals surface area (Å²) in [5.41, 5.74) is -0.351. The largest absolute Gasteiger partial charge is 0.376 e. The predicted molar refractivity (Wildman–Crippen MR) is 74.1 cm³/mol. The third-order valence-corrected chi connectivity index (χ3v) is 5.46. The number of hydrogen-bond acceptors (Lipinski definition) is 3. The summed E-state index contributed by atoms with van der Waals surface area (Å²) >= 11 is 0. The zero-order valence-electron chi connectivity index (χ0n) is 12.6. The van der Waals surface area contributed by atoms with Gasteiger partial charge in [-0.25, -0.2) is 0 Å². The van der Waals surface area contributed by atoms with Crippen molar-refractivity contribution in [3.63, 3.8) is 0 Å². The lowest BCUT2D eigenvalue weighted by atomic mass is 9.86. The van der Waals surface area contributed by atoms with Crippen LogP contribution in [0.1, 0.15) is 46.5 Å². The summed E-state index contributed by atoms with van der Waals surface area (Å²) in [5, 5.41) is 0. The lowest BCUT2D eigenvalue weighted by molar-refractivity contribution is -0.171. The Bertz CT molecular complexity index is 439. The van der Waals surface area contributed by atoms with Gasteiger partial charge >= 0.3 is 0 Å². The topological polar surface area (TPSA) is 49.9 Å². The van der Waals surface area contributed by atoms with Gasteiger partial charge in [0.05, 0.1) is 11.6 Å². The van der Waals surface area contributed by atoms with Gasteiger partial charge in [0.1, 0.15) is 12.1 Å². The molecule has 3 rings (SSSR count). The van der Waals surface area contributed by atoms with Crippen LogP contribution in [0.15, 0.2) is 0 Å². The van der Waals surface area contributed by atoms with Crippen molar-refractivity contribution < 1.29 is 14.3 Å². The summed E-state index contributed by atoms with van der Waals surface area (Å²) in [7, 11) is 0. The van der Waals surface area contributed by atoms with Crippen LogP contribution in [0, 0.1) is 0 Å². The molecule has 0 aromatic rings. The van der Waals surface area contributed by atoms with Gasteiger partial charge in [0.2, 0.25) is 11.8 Å². The minimum absolute atomic E-state index is 0.0168. The van der Waals surface area contributed by atoms with E-state index in [1.54, 1.807) is 4.90 Å². The Balaban J connectivity index is 1.94. The number of carbonyl (C=O) groups excluding carboxylic acids is 2. The molecule has 3 heterocycles. The van der Waals surface area contributed by atoms with Gasteiger partial charge in [-0.1, -0.05) is 0 Å². The second-order valence-electron chi connectivity index (χ2n) is 6.55. The van der Waals surface area contributed by atoms with Crippen LogP contribution >= 0.6 is 0 Å². The van der Waals surface area contributed by atoms with Crippen molar-refractivity contribution in [1.29, 1.82) is 0 Å². The van der Waals surface area contributed by atoms with E-state index in [1.165, 1.54) is 0 Å². The number of hydrogen-bond donors (Lipinski definition) is 0. The SMILES string of the molecule is CC1C(=O)N2CCCCC2C(=O)N1C1(C)CCOC1C. The van der Waals surface area contributed by atoms with Crippen molar-refractivity contribution in [3.05, 3.63) is 0 Å². The van der Waals surface area contributed by atoms with Crippen LogP contribution in [0.25, 0.3) is 0 Å². The molecular formula is C15H24N2O3. The Morgan fingerprint density at radius 1 is 1.20 bits per heavy atom. The smallest absolute Gasteiger partial charge is 0.246 e. The van der Waals surface area contributed by atoms with Crippen LogP contribution in [-0.2, 0) is 14.3 Å². The van der Waals surface area contributed by atoms with E-state index >= 15 is 0 Å². The molecular weight excluding hydrogens is 256 g/mol. The van der Waals surface area contributed by atoms with Crippen LogP contribution in [0.4, 0.5) is 0 Å². The van der Waals surface area contributed by atoms with Crippen LogP contribution in [0.3, 0.4) is 0 Å². The molecule has 5 heteroatoms. The quantitative estimate of drug-likeness (QED) is 0.724. The second kappa shape index (κ2) is 4.72. The zero-order valence-corrected chi connectivity index (χ0v) is 12.6. The second-order valence-corrected chi connectivity index (χ2v) is 6.55. The first-order chi connectivity index (χ1) is 9.47. The fraction of sp³-hybridized carbons (Fsp3) is 0.867. The molecule has 3 aliphatic rings. The van der Waals surface area contributed by atoms with E-state index in [0.29, 0.717) is 6.61 Å². The number of nitrogens with zero attached hydrogens (tertiary/aromatic N) is 2. The van der Waals surface area contributed by atoms with Crippen molar-refractivity contribution in [1.82, 2.24) is 9.80 Å². The zero-order chi connectivity index (χ0) is 14.5. The van der Waals surface area contributed by atoms with Gasteiger partial charge in [0, 0.05) is 13.2 Å². The Morgan fingerprint density at radius 3 is 2.60 bits per heavy atom. The highest BCUT2D eigenvalue weighted by atomic mass is 16.5. The maximum absolute atomic E-state index is 12.9. The minimum atomic E-state index is -0.369.